The molecule has 3 fully saturated rings. The molecule has 4 rings (SSSR count). The number of carbonyl (C=O) groups is 1. The summed E-state index contributed by atoms with van der Waals surface area (Å²) in [5.41, 5.74) is 0.958. The fourth-order valence-electron chi connectivity index (χ4n) is 4.94. The number of piperazine rings is 1. The van der Waals surface area contributed by atoms with E-state index in [0.29, 0.717) is 17.2 Å². The number of carbonyl (C=O) groups excluding carboxylic acids is 1. The van der Waals surface area contributed by atoms with Crippen molar-refractivity contribution in [1.82, 2.24) is 24.5 Å². The molecule has 150 valence electrons. The lowest BCUT2D eigenvalue weighted by Gasteiger charge is -2.43. The molecule has 3 aliphatic rings. The van der Waals surface area contributed by atoms with Crippen molar-refractivity contribution in [3.05, 3.63) is 18.0 Å². The molecule has 27 heavy (non-hydrogen) atoms. The second-order valence-corrected chi connectivity index (χ2v) is 9.30. The zero-order valence-electron chi connectivity index (χ0n) is 17.1. The molecule has 0 N–H and O–H groups in total. The van der Waals surface area contributed by atoms with Crippen molar-refractivity contribution in [1.29, 1.82) is 0 Å². The van der Waals surface area contributed by atoms with Gasteiger partial charge in [-0.05, 0) is 44.2 Å². The number of piperidine rings is 1. The van der Waals surface area contributed by atoms with Crippen LogP contribution >= 0.6 is 0 Å². The van der Waals surface area contributed by atoms with E-state index in [1.165, 1.54) is 58.4 Å². The van der Waals surface area contributed by atoms with E-state index in [2.05, 4.69) is 28.9 Å². The number of nitrogens with zero attached hydrogens (tertiary/aromatic N) is 5. The molecule has 0 aromatic carbocycles. The summed E-state index contributed by atoms with van der Waals surface area (Å²) in [6.45, 7) is 9.98. The van der Waals surface area contributed by atoms with Crippen LogP contribution in [0.3, 0.4) is 0 Å². The summed E-state index contributed by atoms with van der Waals surface area (Å²) in [5.74, 6) is 0.119. The molecule has 2 aliphatic heterocycles. The number of hydrogen-bond donors (Lipinski definition) is 0. The molecule has 6 heteroatoms. The van der Waals surface area contributed by atoms with Gasteiger partial charge in [0.2, 0.25) is 0 Å². The summed E-state index contributed by atoms with van der Waals surface area (Å²) in [5, 5.41) is 4.62. The van der Waals surface area contributed by atoms with E-state index >= 15 is 0 Å². The average Bonchev–Trinajstić information content (AvgIpc) is 3.35. The molecule has 6 nitrogen and oxygen atoms in total. The van der Waals surface area contributed by atoms with Gasteiger partial charge in [0.05, 0.1) is 6.04 Å². The molecule has 1 saturated carbocycles. The Morgan fingerprint density at radius 1 is 1.11 bits per heavy atom. The van der Waals surface area contributed by atoms with Crippen LogP contribution in [0.2, 0.25) is 0 Å². The fourth-order valence-corrected chi connectivity index (χ4v) is 4.94. The lowest BCUT2D eigenvalue weighted by Crippen LogP contribution is -2.51. The number of hydrogen-bond acceptors (Lipinski definition) is 4. The second kappa shape index (κ2) is 7.92. The Morgan fingerprint density at radius 2 is 1.78 bits per heavy atom. The summed E-state index contributed by atoms with van der Waals surface area (Å²) in [4.78, 5) is 19.9. The molecule has 3 heterocycles. The quantitative estimate of drug-likeness (QED) is 0.813. The first-order chi connectivity index (χ1) is 13.0. The van der Waals surface area contributed by atoms with Gasteiger partial charge >= 0.3 is 0 Å². The minimum absolute atomic E-state index is 0.119. The van der Waals surface area contributed by atoms with Crippen molar-refractivity contribution in [2.75, 3.05) is 52.9 Å². The van der Waals surface area contributed by atoms with Crippen LogP contribution < -0.4 is 0 Å². The number of likely N-dealkylation sites (tertiary alicyclic amines) is 1. The van der Waals surface area contributed by atoms with E-state index in [0.717, 1.165) is 25.9 Å². The predicted molar refractivity (Wildman–Crippen MR) is 107 cm³/mol. The molecule has 1 amide bonds. The monoisotopic (exact) mass is 373 g/mol. The standard InChI is InChI=1S/C21H35N5O/c1-21(17-24-15-13-23(2)14-16-24)8-11-25(12-9-21)20(27)19-7-10-26(22-19)18-5-3-4-6-18/h7,10,18H,3-6,8-9,11-17H2,1-2H3. The normalized spacial score (nSPS) is 25.2. The highest BCUT2D eigenvalue weighted by Crippen LogP contribution is 2.33. The topological polar surface area (TPSA) is 44.6 Å². The largest absolute Gasteiger partial charge is 0.337 e. The number of aromatic nitrogens is 2. The third-order valence-corrected chi connectivity index (χ3v) is 6.99. The molecule has 0 unspecified atom stereocenters. The van der Waals surface area contributed by atoms with Crippen molar-refractivity contribution < 1.29 is 4.79 Å². The minimum Gasteiger partial charge on any atom is -0.337 e. The highest BCUT2D eigenvalue weighted by molar-refractivity contribution is 5.92. The molecule has 0 radical (unpaired) electrons. The lowest BCUT2D eigenvalue weighted by atomic mass is 9.79. The Labute approximate surface area is 163 Å². The number of rotatable bonds is 4. The predicted octanol–water partition coefficient (Wildman–Crippen LogP) is 2.49. The van der Waals surface area contributed by atoms with Crippen LogP contribution in [0.5, 0.6) is 0 Å². The average molecular weight is 374 g/mol. The molecule has 1 aromatic heterocycles. The van der Waals surface area contributed by atoms with E-state index in [1.807, 2.05) is 21.8 Å². The Bertz CT molecular complexity index is 635. The summed E-state index contributed by atoms with van der Waals surface area (Å²) < 4.78 is 2.03. The van der Waals surface area contributed by atoms with Crippen molar-refractivity contribution in [3.8, 4) is 0 Å². The maximum Gasteiger partial charge on any atom is 0.274 e. The Kier molecular flexibility index (Phi) is 5.55. The van der Waals surface area contributed by atoms with Crippen LogP contribution in [0.4, 0.5) is 0 Å². The molecule has 1 aromatic rings. The van der Waals surface area contributed by atoms with E-state index in [4.69, 9.17) is 0 Å². The molecule has 0 bridgehead atoms. The molecule has 0 atom stereocenters. The molecular weight excluding hydrogens is 338 g/mol. The Balaban J connectivity index is 1.30. The van der Waals surface area contributed by atoms with Crippen LogP contribution in [0.25, 0.3) is 0 Å². The maximum absolute atomic E-state index is 12.9. The van der Waals surface area contributed by atoms with Gasteiger partial charge in [-0.1, -0.05) is 19.8 Å². The van der Waals surface area contributed by atoms with Crippen molar-refractivity contribution >= 4 is 5.91 Å². The van der Waals surface area contributed by atoms with Crippen molar-refractivity contribution in [2.24, 2.45) is 5.41 Å². The maximum atomic E-state index is 12.9. The summed E-state index contributed by atoms with van der Waals surface area (Å²) in [6.07, 6.45) is 9.15. The molecule has 2 saturated heterocycles. The Morgan fingerprint density at radius 3 is 2.44 bits per heavy atom. The summed E-state index contributed by atoms with van der Waals surface area (Å²) in [7, 11) is 2.21. The van der Waals surface area contributed by atoms with E-state index in [9.17, 15) is 4.79 Å². The SMILES string of the molecule is CN1CCN(CC2(C)CCN(C(=O)c3ccn(C4CCCC4)n3)CC2)CC1. The third-order valence-electron chi connectivity index (χ3n) is 6.99. The molecular formula is C21H35N5O. The summed E-state index contributed by atoms with van der Waals surface area (Å²) >= 11 is 0. The van der Waals surface area contributed by atoms with Gasteiger partial charge in [0, 0.05) is 52.0 Å². The minimum atomic E-state index is 0.119. The van der Waals surface area contributed by atoms with Crippen molar-refractivity contribution in [2.45, 2.75) is 51.5 Å². The van der Waals surface area contributed by atoms with Gasteiger partial charge in [-0.25, -0.2) is 0 Å². The first-order valence-corrected chi connectivity index (χ1v) is 10.8. The molecule has 1 aliphatic carbocycles. The van der Waals surface area contributed by atoms with Crippen LogP contribution in [-0.4, -0.2) is 83.2 Å². The van der Waals surface area contributed by atoms with Gasteiger partial charge in [-0.2, -0.15) is 5.10 Å². The van der Waals surface area contributed by atoms with E-state index in [1.54, 1.807) is 0 Å². The van der Waals surface area contributed by atoms with Gasteiger partial charge in [0.15, 0.2) is 0 Å². The van der Waals surface area contributed by atoms with Crippen LogP contribution in [0.15, 0.2) is 12.3 Å². The van der Waals surface area contributed by atoms with Crippen LogP contribution in [0, 0.1) is 5.41 Å². The van der Waals surface area contributed by atoms with E-state index in [-0.39, 0.29) is 5.91 Å². The Hall–Kier alpha value is -1.40. The second-order valence-electron chi connectivity index (χ2n) is 9.30. The van der Waals surface area contributed by atoms with Gasteiger partial charge in [0.1, 0.15) is 5.69 Å². The molecule has 0 spiro atoms. The van der Waals surface area contributed by atoms with Gasteiger partial charge < -0.3 is 14.7 Å². The van der Waals surface area contributed by atoms with E-state index < -0.39 is 0 Å². The first kappa shape index (κ1) is 18.9. The number of likely N-dealkylation sites (N-methyl/N-ethyl adjacent to an activating group) is 1. The zero-order valence-corrected chi connectivity index (χ0v) is 17.1. The zero-order chi connectivity index (χ0) is 18.9. The number of amides is 1. The first-order valence-electron chi connectivity index (χ1n) is 10.8. The lowest BCUT2D eigenvalue weighted by molar-refractivity contribution is 0.0428. The smallest absolute Gasteiger partial charge is 0.274 e. The van der Waals surface area contributed by atoms with Gasteiger partial charge in [-0.15, -0.1) is 0 Å². The van der Waals surface area contributed by atoms with Crippen LogP contribution in [-0.2, 0) is 0 Å². The third kappa shape index (κ3) is 4.37. The highest BCUT2D eigenvalue weighted by Gasteiger charge is 2.34. The van der Waals surface area contributed by atoms with Gasteiger partial charge in [0.25, 0.3) is 5.91 Å². The van der Waals surface area contributed by atoms with Gasteiger partial charge in [-0.3, -0.25) is 9.48 Å². The van der Waals surface area contributed by atoms with Crippen molar-refractivity contribution in [3.63, 3.8) is 0 Å². The summed E-state index contributed by atoms with van der Waals surface area (Å²) in [6, 6.07) is 2.42. The highest BCUT2D eigenvalue weighted by atomic mass is 16.2. The fraction of sp³-hybridized carbons (Fsp3) is 0.810. The van der Waals surface area contributed by atoms with Crippen LogP contribution in [0.1, 0.15) is 62.0 Å².